The van der Waals surface area contributed by atoms with Gasteiger partial charge in [0.25, 0.3) is 0 Å². The number of likely N-dealkylation sites (tertiary alicyclic amines) is 1. The van der Waals surface area contributed by atoms with Crippen LogP contribution in [0, 0.1) is 5.92 Å². The number of ether oxygens (including phenoxy) is 1. The van der Waals surface area contributed by atoms with Crippen LogP contribution in [0.25, 0.3) is 11.0 Å². The van der Waals surface area contributed by atoms with E-state index in [2.05, 4.69) is 66.7 Å². The SMILES string of the molecule is CN(C)c1ccc(Nc2nc3cc(OC4(C5CCN(CCNC=O)C5)C=CC=CN4)ccc3n2C)cc1. The number of rotatable bonds is 10. The van der Waals surface area contributed by atoms with Crippen molar-refractivity contribution in [1.29, 1.82) is 0 Å². The minimum absolute atomic E-state index is 0.256. The molecular formula is C28H35N7O2. The maximum Gasteiger partial charge on any atom is 0.208 e. The molecule has 3 aromatic rings. The molecule has 9 heteroatoms. The molecule has 0 spiro atoms. The second-order valence-corrected chi connectivity index (χ2v) is 9.83. The lowest BCUT2D eigenvalue weighted by Gasteiger charge is -2.38. The zero-order chi connectivity index (χ0) is 25.8. The second-order valence-electron chi connectivity index (χ2n) is 9.83. The van der Waals surface area contributed by atoms with Gasteiger partial charge in [-0.1, -0.05) is 6.08 Å². The second kappa shape index (κ2) is 10.6. The van der Waals surface area contributed by atoms with Crippen molar-refractivity contribution in [1.82, 2.24) is 25.1 Å². The molecule has 0 saturated carbocycles. The van der Waals surface area contributed by atoms with Gasteiger partial charge in [-0.05, 0) is 61.5 Å². The van der Waals surface area contributed by atoms with E-state index in [0.717, 1.165) is 66.6 Å². The summed E-state index contributed by atoms with van der Waals surface area (Å²) >= 11 is 0. The van der Waals surface area contributed by atoms with Gasteiger partial charge in [-0.2, -0.15) is 0 Å². The average Bonchev–Trinajstić information content (AvgIpc) is 3.50. The number of benzene rings is 2. The minimum Gasteiger partial charge on any atom is -0.464 e. The van der Waals surface area contributed by atoms with Crippen LogP contribution in [0.1, 0.15) is 6.42 Å². The van der Waals surface area contributed by atoms with E-state index in [-0.39, 0.29) is 5.92 Å². The molecule has 37 heavy (non-hydrogen) atoms. The van der Waals surface area contributed by atoms with E-state index in [4.69, 9.17) is 9.72 Å². The van der Waals surface area contributed by atoms with Gasteiger partial charge in [0, 0.05) is 70.3 Å². The number of imidazole rings is 1. The molecule has 9 nitrogen and oxygen atoms in total. The lowest BCUT2D eigenvalue weighted by atomic mass is 9.92. The fraction of sp³-hybridized carbons (Fsp3) is 0.357. The topological polar surface area (TPSA) is 86.7 Å². The highest BCUT2D eigenvalue weighted by atomic mass is 16.5. The first-order valence-corrected chi connectivity index (χ1v) is 12.7. The maximum atomic E-state index is 10.6. The van der Waals surface area contributed by atoms with Crippen LogP contribution >= 0.6 is 0 Å². The van der Waals surface area contributed by atoms with Gasteiger partial charge in [-0.3, -0.25) is 4.79 Å². The molecule has 3 heterocycles. The van der Waals surface area contributed by atoms with Crippen molar-refractivity contribution in [3.8, 4) is 5.75 Å². The van der Waals surface area contributed by atoms with E-state index in [9.17, 15) is 4.79 Å². The lowest BCUT2D eigenvalue weighted by Crippen LogP contribution is -2.54. The summed E-state index contributed by atoms with van der Waals surface area (Å²) in [5.41, 5.74) is 3.38. The summed E-state index contributed by atoms with van der Waals surface area (Å²) in [4.78, 5) is 19.9. The van der Waals surface area contributed by atoms with Crippen LogP contribution in [-0.2, 0) is 11.8 Å². The van der Waals surface area contributed by atoms with Gasteiger partial charge in [0.05, 0.1) is 11.0 Å². The molecule has 194 valence electrons. The number of allylic oxidation sites excluding steroid dienone is 2. The summed E-state index contributed by atoms with van der Waals surface area (Å²) in [7, 11) is 6.07. The average molecular weight is 502 g/mol. The largest absolute Gasteiger partial charge is 0.464 e. The molecule has 0 radical (unpaired) electrons. The van der Waals surface area contributed by atoms with Gasteiger partial charge in [-0.15, -0.1) is 0 Å². The van der Waals surface area contributed by atoms with Gasteiger partial charge in [0.1, 0.15) is 5.75 Å². The van der Waals surface area contributed by atoms with Crippen LogP contribution in [0.2, 0.25) is 0 Å². The normalized spacial score (nSPS) is 21.1. The van der Waals surface area contributed by atoms with Gasteiger partial charge in [-0.25, -0.2) is 4.98 Å². The molecule has 2 unspecified atom stereocenters. The zero-order valence-corrected chi connectivity index (χ0v) is 21.6. The third-order valence-corrected chi connectivity index (χ3v) is 7.17. The Morgan fingerprint density at radius 1 is 1.22 bits per heavy atom. The van der Waals surface area contributed by atoms with Crippen molar-refractivity contribution in [2.24, 2.45) is 13.0 Å². The first kappa shape index (κ1) is 24.7. The van der Waals surface area contributed by atoms with Crippen LogP contribution in [0.4, 0.5) is 17.3 Å². The zero-order valence-electron chi connectivity index (χ0n) is 21.6. The quantitative estimate of drug-likeness (QED) is 0.291. The number of carbonyl (C=O) groups is 1. The molecule has 1 saturated heterocycles. The summed E-state index contributed by atoms with van der Waals surface area (Å²) < 4.78 is 8.74. The fourth-order valence-electron chi connectivity index (χ4n) is 5.07. The van der Waals surface area contributed by atoms with E-state index >= 15 is 0 Å². The van der Waals surface area contributed by atoms with Gasteiger partial charge < -0.3 is 35.1 Å². The van der Waals surface area contributed by atoms with Crippen LogP contribution in [0.5, 0.6) is 5.75 Å². The van der Waals surface area contributed by atoms with E-state index in [1.165, 1.54) is 0 Å². The molecule has 2 aromatic carbocycles. The van der Waals surface area contributed by atoms with E-state index in [0.29, 0.717) is 6.54 Å². The Hall–Kier alpha value is -3.98. The number of nitrogens with one attached hydrogen (secondary N) is 3. The maximum absolute atomic E-state index is 10.6. The summed E-state index contributed by atoms with van der Waals surface area (Å²) in [6.45, 7) is 3.34. The van der Waals surface area contributed by atoms with Crippen LogP contribution in [0.3, 0.4) is 0 Å². The van der Waals surface area contributed by atoms with Crippen molar-refractivity contribution >= 4 is 34.8 Å². The molecule has 2 atom stereocenters. The molecular weight excluding hydrogens is 466 g/mol. The van der Waals surface area contributed by atoms with Gasteiger partial charge in [0.2, 0.25) is 18.1 Å². The molecule has 1 aromatic heterocycles. The molecule has 1 amide bonds. The van der Waals surface area contributed by atoms with Crippen molar-refractivity contribution in [2.45, 2.75) is 12.1 Å². The van der Waals surface area contributed by atoms with E-state index in [1.807, 2.05) is 51.6 Å². The van der Waals surface area contributed by atoms with E-state index in [1.54, 1.807) is 0 Å². The molecule has 2 aliphatic heterocycles. The van der Waals surface area contributed by atoms with Crippen LogP contribution in [0.15, 0.2) is 66.9 Å². The van der Waals surface area contributed by atoms with Crippen molar-refractivity contribution in [3.05, 3.63) is 66.9 Å². The third kappa shape index (κ3) is 5.27. The van der Waals surface area contributed by atoms with E-state index < -0.39 is 5.72 Å². The molecule has 3 N–H and O–H groups in total. The first-order valence-electron chi connectivity index (χ1n) is 12.7. The third-order valence-electron chi connectivity index (χ3n) is 7.17. The van der Waals surface area contributed by atoms with Crippen molar-refractivity contribution < 1.29 is 9.53 Å². The van der Waals surface area contributed by atoms with Crippen molar-refractivity contribution in [3.63, 3.8) is 0 Å². The molecule has 0 aliphatic carbocycles. The van der Waals surface area contributed by atoms with Crippen LogP contribution in [-0.4, -0.2) is 66.9 Å². The number of fused-ring (bicyclic) bond motifs is 1. The number of amides is 1. The van der Waals surface area contributed by atoms with Crippen molar-refractivity contribution in [2.75, 3.05) is 50.5 Å². The first-order chi connectivity index (χ1) is 18.0. The lowest BCUT2D eigenvalue weighted by molar-refractivity contribution is -0.109. The highest BCUT2D eigenvalue weighted by Crippen LogP contribution is 2.34. The minimum atomic E-state index is -0.640. The number of aryl methyl sites for hydroxylation is 1. The number of hydrogen-bond donors (Lipinski definition) is 3. The highest BCUT2D eigenvalue weighted by molar-refractivity contribution is 5.81. The fourth-order valence-corrected chi connectivity index (χ4v) is 5.07. The highest BCUT2D eigenvalue weighted by Gasteiger charge is 2.42. The number of aromatic nitrogens is 2. The van der Waals surface area contributed by atoms with Gasteiger partial charge >= 0.3 is 0 Å². The number of dihydropyridines is 1. The number of nitrogens with zero attached hydrogens (tertiary/aromatic N) is 4. The Bertz CT molecular complexity index is 1300. The van der Waals surface area contributed by atoms with Gasteiger partial charge in [0.15, 0.2) is 0 Å². The predicted octanol–water partition coefficient (Wildman–Crippen LogP) is 3.20. The summed E-state index contributed by atoms with van der Waals surface area (Å²) in [5, 5.41) is 9.68. The monoisotopic (exact) mass is 501 g/mol. The Balaban J connectivity index is 1.34. The number of carbonyl (C=O) groups excluding carboxylic acids is 1. The Kier molecular flexibility index (Phi) is 7.05. The summed E-state index contributed by atoms with van der Waals surface area (Å²) in [6.07, 6.45) is 9.82. The Morgan fingerprint density at radius 2 is 2.05 bits per heavy atom. The Labute approximate surface area is 217 Å². The predicted molar refractivity (Wildman–Crippen MR) is 148 cm³/mol. The molecule has 0 bridgehead atoms. The number of hydrogen-bond acceptors (Lipinski definition) is 7. The summed E-state index contributed by atoms with van der Waals surface area (Å²) in [5.74, 6) is 1.79. The standard InChI is InChI=1S/C28H35N7O2/c1-33(2)23-8-6-22(7-9-23)31-27-32-25-18-24(10-11-26(25)34(27)3)37-28(13-4-5-14-30-28)21-12-16-35(19-21)17-15-29-20-36/h4-11,13-14,18,20-21,30H,12,15-17,19H2,1-3H3,(H,29,36)(H,31,32). The molecule has 5 rings (SSSR count). The Morgan fingerprint density at radius 3 is 2.78 bits per heavy atom. The summed E-state index contributed by atoms with van der Waals surface area (Å²) in [6, 6.07) is 14.3. The molecule has 2 aliphatic rings. The molecule has 1 fully saturated rings. The smallest absolute Gasteiger partial charge is 0.208 e. The number of anilines is 3. The van der Waals surface area contributed by atoms with Crippen LogP contribution < -0.4 is 25.6 Å².